The minimum atomic E-state index is -1.86. The number of carbonyl (C=O) groups excluding carboxylic acids is 2. The van der Waals surface area contributed by atoms with E-state index in [1.54, 1.807) is 38.1 Å². The molecular weight excluding hydrogens is 337 g/mol. The molecular formula is C16H14FNO5S. The molecule has 8 heteroatoms. The van der Waals surface area contributed by atoms with Crippen molar-refractivity contribution in [1.82, 2.24) is 4.90 Å². The van der Waals surface area contributed by atoms with Gasteiger partial charge in [-0.15, -0.1) is 11.8 Å². The predicted molar refractivity (Wildman–Crippen MR) is 82.2 cm³/mol. The van der Waals surface area contributed by atoms with Gasteiger partial charge in [-0.1, -0.05) is 18.2 Å². The monoisotopic (exact) mass is 351 g/mol. The number of hydrogen-bond donors (Lipinski definition) is 1. The highest BCUT2D eigenvalue weighted by Crippen LogP contribution is 2.63. The number of aliphatic carboxylic acids is 1. The second-order valence-corrected chi connectivity index (χ2v) is 8.31. The van der Waals surface area contributed by atoms with Crippen LogP contribution in [0.1, 0.15) is 35.9 Å². The van der Waals surface area contributed by atoms with Crippen molar-refractivity contribution in [2.75, 3.05) is 0 Å². The second-order valence-electron chi connectivity index (χ2n) is 6.57. The van der Waals surface area contributed by atoms with E-state index in [1.165, 1.54) is 0 Å². The highest BCUT2D eigenvalue weighted by Gasteiger charge is 2.77. The van der Waals surface area contributed by atoms with E-state index in [2.05, 4.69) is 0 Å². The number of nitrogens with zero attached hydrogens (tertiary/aromatic N) is 1. The maximum atomic E-state index is 14.0. The summed E-state index contributed by atoms with van der Waals surface area (Å²) in [5, 5.41) is 9.20. The van der Waals surface area contributed by atoms with Crippen molar-refractivity contribution in [2.45, 2.75) is 41.8 Å². The summed E-state index contributed by atoms with van der Waals surface area (Å²) in [6.07, 6.45) is -2.91. The molecule has 1 unspecified atom stereocenters. The van der Waals surface area contributed by atoms with Gasteiger partial charge < -0.3 is 14.7 Å². The number of ether oxygens (including phenoxy) is 1. The summed E-state index contributed by atoms with van der Waals surface area (Å²) in [5.74, 6) is -2.82. The predicted octanol–water partition coefficient (Wildman–Crippen LogP) is 1.75. The summed E-state index contributed by atoms with van der Waals surface area (Å²) in [6, 6.07) is 6.49. The maximum Gasteiger partial charge on any atom is 0.339 e. The molecule has 6 nitrogen and oxygen atoms in total. The third-order valence-corrected chi connectivity index (χ3v) is 6.68. The number of amides is 1. The number of cyclic esters (lactones) is 1. The SMILES string of the molecule is CC1(C)S[C@@H]2[C@H](F)C(=O)N2[C@]1(C(=O)O)C1OC(=O)c2ccccc21. The lowest BCUT2D eigenvalue weighted by molar-refractivity contribution is -0.186. The fraction of sp³-hybridized carbons (Fsp3) is 0.438. The first-order valence-corrected chi connectivity index (χ1v) is 8.30. The molecule has 3 aliphatic heterocycles. The molecule has 0 spiro atoms. The summed E-state index contributed by atoms with van der Waals surface area (Å²) < 4.78 is 18.3. The van der Waals surface area contributed by atoms with Crippen molar-refractivity contribution in [3.63, 3.8) is 0 Å². The zero-order valence-corrected chi connectivity index (χ0v) is 13.7. The topological polar surface area (TPSA) is 83.9 Å². The largest absolute Gasteiger partial charge is 0.479 e. The molecule has 1 N–H and O–H groups in total. The number of rotatable bonds is 2. The van der Waals surface area contributed by atoms with Gasteiger partial charge in [-0.2, -0.15) is 0 Å². The molecule has 1 aromatic carbocycles. The number of carbonyl (C=O) groups is 3. The van der Waals surface area contributed by atoms with E-state index < -0.39 is 45.8 Å². The number of hydrogen-bond acceptors (Lipinski definition) is 5. The number of benzene rings is 1. The number of β-lactam (4-membered cyclic amide) rings is 1. The average Bonchev–Trinajstić information content (AvgIpc) is 2.98. The quantitative estimate of drug-likeness (QED) is 0.646. The number of carboxylic acids is 1. The molecule has 3 heterocycles. The minimum Gasteiger partial charge on any atom is -0.479 e. The van der Waals surface area contributed by atoms with E-state index in [4.69, 9.17) is 4.74 Å². The number of carboxylic acid groups (broad SMARTS) is 1. The molecule has 1 amide bonds. The Hall–Kier alpha value is -2.09. The van der Waals surface area contributed by atoms with Crippen molar-refractivity contribution < 1.29 is 28.6 Å². The molecule has 4 atom stereocenters. The lowest BCUT2D eigenvalue weighted by Gasteiger charge is -2.49. The van der Waals surface area contributed by atoms with E-state index in [9.17, 15) is 23.9 Å². The molecule has 2 saturated heterocycles. The van der Waals surface area contributed by atoms with Crippen LogP contribution in [0.3, 0.4) is 0 Å². The van der Waals surface area contributed by atoms with E-state index >= 15 is 0 Å². The zero-order chi connectivity index (χ0) is 17.4. The Morgan fingerprint density at radius 2 is 2.00 bits per heavy atom. The van der Waals surface area contributed by atoms with Crippen LogP contribution in [0.5, 0.6) is 0 Å². The Balaban J connectivity index is 1.94. The van der Waals surface area contributed by atoms with Gasteiger partial charge in [-0.3, -0.25) is 4.79 Å². The molecule has 0 bridgehead atoms. The highest BCUT2D eigenvalue weighted by atomic mass is 32.2. The van der Waals surface area contributed by atoms with Crippen LogP contribution in [0, 0.1) is 0 Å². The highest BCUT2D eigenvalue weighted by molar-refractivity contribution is 8.01. The van der Waals surface area contributed by atoms with Gasteiger partial charge in [-0.05, 0) is 19.9 Å². The Kier molecular flexibility index (Phi) is 2.90. The van der Waals surface area contributed by atoms with Crippen molar-refractivity contribution in [3.05, 3.63) is 35.4 Å². The smallest absolute Gasteiger partial charge is 0.339 e. The van der Waals surface area contributed by atoms with Gasteiger partial charge in [-0.25, -0.2) is 14.0 Å². The molecule has 0 aromatic heterocycles. The molecule has 24 heavy (non-hydrogen) atoms. The number of thioether (sulfide) groups is 1. The van der Waals surface area contributed by atoms with E-state index in [-0.39, 0.29) is 5.56 Å². The summed E-state index contributed by atoms with van der Waals surface area (Å²) in [7, 11) is 0. The number of esters is 1. The van der Waals surface area contributed by atoms with E-state index in [0.29, 0.717) is 5.56 Å². The minimum absolute atomic E-state index is 0.275. The lowest BCUT2D eigenvalue weighted by atomic mass is 9.74. The van der Waals surface area contributed by atoms with Crippen molar-refractivity contribution in [2.24, 2.45) is 0 Å². The van der Waals surface area contributed by atoms with Crippen LogP contribution in [0.4, 0.5) is 4.39 Å². The second kappa shape index (κ2) is 4.50. The summed E-state index contributed by atoms with van der Waals surface area (Å²) in [4.78, 5) is 37.7. The Morgan fingerprint density at radius 1 is 1.33 bits per heavy atom. The van der Waals surface area contributed by atoms with Crippen LogP contribution in [0.2, 0.25) is 0 Å². The van der Waals surface area contributed by atoms with E-state index in [0.717, 1.165) is 16.7 Å². The third-order valence-electron chi connectivity index (χ3n) is 5.08. The van der Waals surface area contributed by atoms with E-state index in [1.807, 2.05) is 0 Å². The molecule has 0 aliphatic carbocycles. The molecule has 3 aliphatic rings. The summed E-state index contributed by atoms with van der Waals surface area (Å²) in [6.45, 7) is 3.28. The summed E-state index contributed by atoms with van der Waals surface area (Å²) >= 11 is 1.09. The molecule has 126 valence electrons. The maximum absolute atomic E-state index is 14.0. The van der Waals surface area contributed by atoms with Crippen LogP contribution in [-0.2, 0) is 14.3 Å². The van der Waals surface area contributed by atoms with Gasteiger partial charge in [0, 0.05) is 5.56 Å². The van der Waals surface area contributed by atoms with Crippen LogP contribution in [-0.4, -0.2) is 49.7 Å². The number of halogens is 1. The standard InChI is InChI=1S/C16H14FNO5S/c1-15(2)16(14(21)22,18-11(19)9(17)12(18)24-15)10-7-5-3-4-6-8(7)13(20)23-10/h3-6,9-10,12H,1-2H3,(H,21,22)/t9-,10?,12-,16+/m1/s1. The fourth-order valence-corrected chi connectivity index (χ4v) is 5.66. The normalized spacial score (nSPS) is 36.0. The van der Waals surface area contributed by atoms with Gasteiger partial charge in [0.1, 0.15) is 5.37 Å². The zero-order valence-electron chi connectivity index (χ0n) is 12.9. The van der Waals surface area contributed by atoms with Gasteiger partial charge >= 0.3 is 11.9 Å². The van der Waals surface area contributed by atoms with Gasteiger partial charge in [0.2, 0.25) is 6.17 Å². The molecule has 0 radical (unpaired) electrons. The van der Waals surface area contributed by atoms with Crippen LogP contribution in [0.25, 0.3) is 0 Å². The molecule has 0 saturated carbocycles. The van der Waals surface area contributed by atoms with Crippen LogP contribution >= 0.6 is 11.8 Å². The first kappa shape index (κ1) is 15.4. The molecule has 4 rings (SSSR count). The van der Waals surface area contributed by atoms with Crippen molar-refractivity contribution in [1.29, 1.82) is 0 Å². The fourth-order valence-electron chi connectivity index (χ4n) is 3.97. The first-order chi connectivity index (χ1) is 11.2. The van der Waals surface area contributed by atoms with Crippen LogP contribution in [0.15, 0.2) is 24.3 Å². The summed E-state index contributed by atoms with van der Waals surface area (Å²) in [5.41, 5.74) is -1.17. The lowest BCUT2D eigenvalue weighted by Crippen LogP contribution is -2.73. The Morgan fingerprint density at radius 3 is 2.67 bits per heavy atom. The average molecular weight is 351 g/mol. The number of alkyl halides is 1. The molecule has 1 aromatic rings. The van der Waals surface area contributed by atoms with Crippen LogP contribution < -0.4 is 0 Å². The van der Waals surface area contributed by atoms with Gasteiger partial charge in [0.25, 0.3) is 5.91 Å². The van der Waals surface area contributed by atoms with Crippen molar-refractivity contribution in [3.8, 4) is 0 Å². The van der Waals surface area contributed by atoms with Gasteiger partial charge in [0.05, 0.1) is 10.3 Å². The molecule has 2 fully saturated rings. The third kappa shape index (κ3) is 1.50. The first-order valence-electron chi connectivity index (χ1n) is 7.42. The number of fused-ring (bicyclic) bond motifs is 2. The Bertz CT molecular complexity index is 796. The van der Waals surface area contributed by atoms with Gasteiger partial charge in [0.15, 0.2) is 11.6 Å². The Labute approximate surface area is 141 Å². The van der Waals surface area contributed by atoms with Crippen molar-refractivity contribution >= 4 is 29.6 Å².